The van der Waals surface area contributed by atoms with Crippen molar-refractivity contribution in [2.75, 3.05) is 26.3 Å². The molecule has 1 aromatic heterocycles. The van der Waals surface area contributed by atoms with Gasteiger partial charge in [0.25, 0.3) is 5.91 Å². The maximum absolute atomic E-state index is 12.7. The molecule has 154 valence electrons. The molecule has 0 aromatic carbocycles. The summed E-state index contributed by atoms with van der Waals surface area (Å²) < 4.78 is 10.8. The van der Waals surface area contributed by atoms with E-state index in [1.165, 1.54) is 6.39 Å². The van der Waals surface area contributed by atoms with Gasteiger partial charge in [-0.15, -0.1) is 0 Å². The fourth-order valence-electron chi connectivity index (χ4n) is 4.22. The SMILES string of the molecule is Cc1ncoc1C(=O)N[C@H]1CC[C@@H](C(=O)NC2CC2)CN(C2CCOCC2)C1. The molecule has 2 N–H and O–H groups in total. The van der Waals surface area contributed by atoms with E-state index in [1.54, 1.807) is 6.92 Å². The first-order valence-corrected chi connectivity index (χ1v) is 10.4. The minimum atomic E-state index is -0.229. The molecule has 28 heavy (non-hydrogen) atoms. The summed E-state index contributed by atoms with van der Waals surface area (Å²) in [6, 6.07) is 0.755. The lowest BCUT2D eigenvalue weighted by molar-refractivity contribution is -0.126. The summed E-state index contributed by atoms with van der Waals surface area (Å²) in [6.45, 7) is 4.77. The van der Waals surface area contributed by atoms with Crippen molar-refractivity contribution < 1.29 is 18.7 Å². The molecule has 8 nitrogen and oxygen atoms in total. The van der Waals surface area contributed by atoms with Gasteiger partial charge in [0, 0.05) is 44.4 Å². The van der Waals surface area contributed by atoms with Crippen LogP contribution in [0.3, 0.4) is 0 Å². The molecule has 2 aliphatic heterocycles. The Kier molecular flexibility index (Phi) is 5.96. The molecule has 8 heteroatoms. The standard InChI is InChI=1S/C20H30N4O4/c1-13-18(28-12-21-13)20(26)23-16-3-2-14(19(25)22-15-4-5-15)10-24(11-16)17-6-8-27-9-7-17/h12,14-17H,2-11H2,1H3,(H,22,25)(H,23,26)/t14-,16+/m1/s1. The van der Waals surface area contributed by atoms with Crippen molar-refractivity contribution in [2.24, 2.45) is 5.92 Å². The Bertz CT molecular complexity index is 696. The van der Waals surface area contributed by atoms with Crippen molar-refractivity contribution in [3.63, 3.8) is 0 Å². The van der Waals surface area contributed by atoms with E-state index in [1.807, 2.05) is 0 Å². The molecule has 3 fully saturated rings. The lowest BCUT2D eigenvalue weighted by atomic mass is 10.00. The molecule has 1 aromatic rings. The maximum atomic E-state index is 12.7. The van der Waals surface area contributed by atoms with E-state index in [0.29, 0.717) is 17.8 Å². The zero-order valence-corrected chi connectivity index (χ0v) is 16.5. The summed E-state index contributed by atoms with van der Waals surface area (Å²) in [5, 5.41) is 6.27. The number of oxazole rings is 1. The fraction of sp³-hybridized carbons (Fsp3) is 0.750. The van der Waals surface area contributed by atoms with E-state index in [4.69, 9.17) is 9.15 Å². The highest BCUT2D eigenvalue weighted by molar-refractivity contribution is 5.92. The first-order valence-electron chi connectivity index (χ1n) is 10.4. The Morgan fingerprint density at radius 3 is 2.46 bits per heavy atom. The monoisotopic (exact) mass is 390 g/mol. The van der Waals surface area contributed by atoms with Crippen LogP contribution in [0.4, 0.5) is 0 Å². The van der Waals surface area contributed by atoms with Gasteiger partial charge in [-0.2, -0.15) is 0 Å². The van der Waals surface area contributed by atoms with E-state index >= 15 is 0 Å². The van der Waals surface area contributed by atoms with Crippen LogP contribution >= 0.6 is 0 Å². The van der Waals surface area contributed by atoms with Gasteiger partial charge in [-0.1, -0.05) is 0 Å². The summed E-state index contributed by atoms with van der Waals surface area (Å²) in [6.07, 6.45) is 6.98. The van der Waals surface area contributed by atoms with E-state index in [0.717, 1.165) is 64.8 Å². The zero-order chi connectivity index (χ0) is 19.5. The van der Waals surface area contributed by atoms with Crippen molar-refractivity contribution in [3.8, 4) is 0 Å². The van der Waals surface area contributed by atoms with Crippen molar-refractivity contribution in [3.05, 3.63) is 17.8 Å². The maximum Gasteiger partial charge on any atom is 0.289 e. The molecule has 2 amide bonds. The van der Waals surface area contributed by atoms with Crippen molar-refractivity contribution in [2.45, 2.75) is 63.6 Å². The number of likely N-dealkylation sites (tertiary alicyclic amines) is 1. The molecule has 0 unspecified atom stereocenters. The molecule has 4 rings (SSSR count). The van der Waals surface area contributed by atoms with Crippen LogP contribution in [0.15, 0.2) is 10.8 Å². The number of carbonyl (C=O) groups excluding carboxylic acids is 2. The van der Waals surface area contributed by atoms with E-state index in [-0.39, 0.29) is 29.5 Å². The van der Waals surface area contributed by atoms with Gasteiger partial charge in [0.1, 0.15) is 0 Å². The molecule has 0 bridgehead atoms. The average Bonchev–Trinajstić information content (AvgIpc) is 3.44. The smallest absolute Gasteiger partial charge is 0.289 e. The number of hydrogen-bond donors (Lipinski definition) is 2. The molecule has 1 aliphatic carbocycles. The largest absolute Gasteiger partial charge is 0.438 e. The quantitative estimate of drug-likeness (QED) is 0.786. The van der Waals surface area contributed by atoms with Crippen LogP contribution in [0, 0.1) is 12.8 Å². The van der Waals surface area contributed by atoms with Gasteiger partial charge in [0.2, 0.25) is 11.7 Å². The number of rotatable bonds is 5. The number of hydrogen-bond acceptors (Lipinski definition) is 6. The van der Waals surface area contributed by atoms with E-state index in [2.05, 4.69) is 20.5 Å². The average molecular weight is 390 g/mol. The van der Waals surface area contributed by atoms with Crippen molar-refractivity contribution >= 4 is 11.8 Å². The van der Waals surface area contributed by atoms with Gasteiger partial charge in [-0.3, -0.25) is 14.5 Å². The third-order valence-corrected chi connectivity index (χ3v) is 6.06. The van der Waals surface area contributed by atoms with Crippen LogP contribution in [0.2, 0.25) is 0 Å². The van der Waals surface area contributed by atoms with Crippen molar-refractivity contribution in [1.82, 2.24) is 20.5 Å². The van der Waals surface area contributed by atoms with Gasteiger partial charge in [-0.05, 0) is 45.4 Å². The first kappa shape index (κ1) is 19.4. The summed E-state index contributed by atoms with van der Waals surface area (Å²) in [5.41, 5.74) is 0.592. The predicted molar refractivity (Wildman–Crippen MR) is 102 cm³/mol. The molecule has 3 aliphatic rings. The minimum Gasteiger partial charge on any atom is -0.438 e. The summed E-state index contributed by atoms with van der Waals surface area (Å²) in [7, 11) is 0. The van der Waals surface area contributed by atoms with Gasteiger partial charge < -0.3 is 19.8 Å². The van der Waals surface area contributed by atoms with Crippen LogP contribution in [-0.2, 0) is 9.53 Å². The van der Waals surface area contributed by atoms with Gasteiger partial charge in [-0.25, -0.2) is 4.98 Å². The second-order valence-corrected chi connectivity index (χ2v) is 8.29. The lowest BCUT2D eigenvalue weighted by Crippen LogP contribution is -2.49. The second kappa shape index (κ2) is 8.61. The Morgan fingerprint density at radius 1 is 1.04 bits per heavy atom. The Morgan fingerprint density at radius 2 is 1.79 bits per heavy atom. The summed E-state index contributed by atoms with van der Waals surface area (Å²) in [5.74, 6) is 0.174. The van der Waals surface area contributed by atoms with Crippen LogP contribution in [-0.4, -0.2) is 66.1 Å². The molecule has 2 saturated heterocycles. The number of amides is 2. The molecule has 0 radical (unpaired) electrons. The highest BCUT2D eigenvalue weighted by atomic mass is 16.5. The number of nitrogens with zero attached hydrogens (tertiary/aromatic N) is 2. The Labute approximate surface area is 165 Å². The highest BCUT2D eigenvalue weighted by Crippen LogP contribution is 2.25. The molecular weight excluding hydrogens is 360 g/mol. The molecule has 1 saturated carbocycles. The predicted octanol–water partition coefficient (Wildman–Crippen LogP) is 1.25. The fourth-order valence-corrected chi connectivity index (χ4v) is 4.22. The second-order valence-electron chi connectivity index (χ2n) is 8.29. The molecule has 0 spiro atoms. The van der Waals surface area contributed by atoms with Crippen LogP contribution < -0.4 is 10.6 Å². The summed E-state index contributed by atoms with van der Waals surface area (Å²) >= 11 is 0. The topological polar surface area (TPSA) is 96.7 Å². The number of ether oxygens (including phenoxy) is 1. The normalized spacial score (nSPS) is 27.2. The number of aromatic nitrogens is 1. The van der Waals surface area contributed by atoms with Crippen LogP contribution in [0.5, 0.6) is 0 Å². The third kappa shape index (κ3) is 4.72. The van der Waals surface area contributed by atoms with Gasteiger partial charge in [0.05, 0.1) is 11.6 Å². The Balaban J connectivity index is 1.44. The van der Waals surface area contributed by atoms with Crippen LogP contribution in [0.1, 0.15) is 54.8 Å². The van der Waals surface area contributed by atoms with E-state index < -0.39 is 0 Å². The number of aryl methyl sites for hydroxylation is 1. The molecule has 3 heterocycles. The molecule has 2 atom stereocenters. The number of nitrogens with one attached hydrogen (secondary N) is 2. The van der Waals surface area contributed by atoms with Gasteiger partial charge >= 0.3 is 0 Å². The highest BCUT2D eigenvalue weighted by Gasteiger charge is 2.35. The minimum absolute atomic E-state index is 0.0152. The zero-order valence-electron chi connectivity index (χ0n) is 16.5. The molecular formula is C20H30N4O4. The number of carbonyl (C=O) groups is 2. The van der Waals surface area contributed by atoms with Crippen LogP contribution in [0.25, 0.3) is 0 Å². The third-order valence-electron chi connectivity index (χ3n) is 6.06. The van der Waals surface area contributed by atoms with Gasteiger partial charge in [0.15, 0.2) is 6.39 Å². The Hall–Kier alpha value is -1.93. The summed E-state index contributed by atoms with van der Waals surface area (Å²) in [4.78, 5) is 31.7. The van der Waals surface area contributed by atoms with E-state index in [9.17, 15) is 9.59 Å². The first-order chi connectivity index (χ1) is 13.6. The lowest BCUT2D eigenvalue weighted by Gasteiger charge is -2.36. The van der Waals surface area contributed by atoms with Crippen molar-refractivity contribution in [1.29, 1.82) is 0 Å².